The fourth-order valence-corrected chi connectivity index (χ4v) is 7.62. The summed E-state index contributed by atoms with van der Waals surface area (Å²) >= 11 is 1.61. The minimum atomic E-state index is -0.864. The summed E-state index contributed by atoms with van der Waals surface area (Å²) in [5.41, 5.74) is 3.33. The van der Waals surface area contributed by atoms with Crippen molar-refractivity contribution in [2.75, 3.05) is 7.11 Å². The molecular formula is C25H28O3S. The first-order valence-electron chi connectivity index (χ1n) is 10.7. The molecule has 0 unspecified atom stereocenters. The summed E-state index contributed by atoms with van der Waals surface area (Å²) in [4.78, 5) is 12.3. The summed E-state index contributed by atoms with van der Waals surface area (Å²) in [6.45, 7) is 0. The van der Waals surface area contributed by atoms with E-state index in [1.165, 1.54) is 49.7 Å². The van der Waals surface area contributed by atoms with Crippen LogP contribution in [0.25, 0.3) is 0 Å². The Morgan fingerprint density at radius 3 is 2.34 bits per heavy atom. The Labute approximate surface area is 176 Å². The van der Waals surface area contributed by atoms with Crippen molar-refractivity contribution in [3.05, 3.63) is 59.2 Å². The van der Waals surface area contributed by atoms with E-state index in [2.05, 4.69) is 18.2 Å². The summed E-state index contributed by atoms with van der Waals surface area (Å²) in [6.07, 6.45) is 8.24. The summed E-state index contributed by atoms with van der Waals surface area (Å²) in [7, 11) is 1.79. The van der Waals surface area contributed by atoms with Crippen LogP contribution in [-0.2, 0) is 11.2 Å². The molecule has 0 atom stereocenters. The smallest absolute Gasteiger partial charge is 0.336 e. The molecule has 0 aliphatic heterocycles. The van der Waals surface area contributed by atoms with Gasteiger partial charge in [0.1, 0.15) is 5.75 Å². The number of hydrogen-bond donors (Lipinski definition) is 1. The van der Waals surface area contributed by atoms with E-state index >= 15 is 0 Å². The van der Waals surface area contributed by atoms with Gasteiger partial charge in [0.05, 0.1) is 12.7 Å². The van der Waals surface area contributed by atoms with Crippen LogP contribution in [0.15, 0.2) is 47.4 Å². The van der Waals surface area contributed by atoms with E-state index in [1.54, 1.807) is 31.0 Å². The highest BCUT2D eigenvalue weighted by molar-refractivity contribution is 7.98. The Morgan fingerprint density at radius 1 is 1.07 bits per heavy atom. The lowest BCUT2D eigenvalue weighted by atomic mass is 9.48. The van der Waals surface area contributed by atoms with Gasteiger partial charge < -0.3 is 9.84 Å². The zero-order valence-electron chi connectivity index (χ0n) is 16.9. The Morgan fingerprint density at radius 2 is 1.72 bits per heavy atom. The average molecular weight is 409 g/mol. The molecule has 3 nitrogen and oxygen atoms in total. The molecule has 152 valence electrons. The summed E-state index contributed by atoms with van der Waals surface area (Å²) in [5, 5.41) is 9.44. The van der Waals surface area contributed by atoms with Gasteiger partial charge in [0.15, 0.2) is 0 Å². The molecule has 4 fully saturated rings. The van der Waals surface area contributed by atoms with Crippen LogP contribution < -0.4 is 4.74 Å². The van der Waals surface area contributed by atoms with E-state index in [0.717, 1.165) is 34.2 Å². The van der Waals surface area contributed by atoms with Crippen LogP contribution in [0, 0.1) is 17.8 Å². The largest absolute Gasteiger partial charge is 0.496 e. The van der Waals surface area contributed by atoms with Crippen molar-refractivity contribution in [3.63, 3.8) is 0 Å². The highest BCUT2D eigenvalue weighted by Gasteiger charge is 2.52. The third-order valence-electron chi connectivity index (χ3n) is 7.39. The van der Waals surface area contributed by atoms with Gasteiger partial charge in [0.2, 0.25) is 0 Å². The maximum atomic E-state index is 11.5. The predicted octanol–water partition coefficient (Wildman–Crippen LogP) is 6.15. The van der Waals surface area contributed by atoms with Gasteiger partial charge in [-0.1, -0.05) is 24.3 Å². The first-order valence-corrected chi connectivity index (χ1v) is 11.7. The normalized spacial score (nSPS) is 29.8. The number of hydrogen-bond acceptors (Lipinski definition) is 3. The molecule has 4 aliphatic rings. The van der Waals surface area contributed by atoms with Crippen LogP contribution in [0.3, 0.4) is 0 Å². The van der Waals surface area contributed by atoms with Gasteiger partial charge in [-0.3, -0.25) is 0 Å². The van der Waals surface area contributed by atoms with Crippen LogP contribution in [-0.4, -0.2) is 18.2 Å². The maximum Gasteiger partial charge on any atom is 0.336 e. The zero-order chi connectivity index (χ0) is 20.0. The predicted molar refractivity (Wildman–Crippen MR) is 116 cm³/mol. The van der Waals surface area contributed by atoms with E-state index in [9.17, 15) is 9.90 Å². The number of thioether (sulfide) groups is 1. The maximum absolute atomic E-state index is 11.5. The number of ether oxygens (including phenoxy) is 1. The number of carboxylic acid groups (broad SMARTS) is 1. The topological polar surface area (TPSA) is 46.5 Å². The number of carboxylic acids is 1. The van der Waals surface area contributed by atoms with E-state index in [0.29, 0.717) is 11.0 Å². The molecule has 0 heterocycles. The second-order valence-corrected chi connectivity index (χ2v) is 10.3. The molecule has 4 aliphatic carbocycles. The Bertz CT molecular complexity index is 900. The van der Waals surface area contributed by atoms with Gasteiger partial charge >= 0.3 is 5.97 Å². The molecule has 1 N–H and O–H groups in total. The van der Waals surface area contributed by atoms with Crippen molar-refractivity contribution in [2.24, 2.45) is 17.8 Å². The Hall–Kier alpha value is -1.94. The average Bonchev–Trinajstić information content (AvgIpc) is 2.71. The lowest BCUT2D eigenvalue weighted by Gasteiger charge is -2.57. The van der Waals surface area contributed by atoms with Crippen molar-refractivity contribution in [1.29, 1.82) is 0 Å². The lowest BCUT2D eigenvalue weighted by molar-refractivity contribution is -0.00618. The lowest BCUT2D eigenvalue weighted by Crippen LogP contribution is -2.48. The highest BCUT2D eigenvalue weighted by atomic mass is 32.2. The van der Waals surface area contributed by atoms with Crippen LogP contribution in [0.2, 0.25) is 0 Å². The van der Waals surface area contributed by atoms with Gasteiger partial charge in [-0.15, -0.1) is 11.8 Å². The molecule has 4 bridgehead atoms. The third kappa shape index (κ3) is 3.46. The van der Waals surface area contributed by atoms with Gasteiger partial charge in [-0.25, -0.2) is 4.79 Å². The molecule has 0 spiro atoms. The zero-order valence-corrected chi connectivity index (χ0v) is 17.7. The molecule has 2 aromatic carbocycles. The first-order chi connectivity index (χ1) is 14.1. The number of aromatic carboxylic acids is 1. The molecular weight excluding hydrogens is 380 g/mol. The summed E-state index contributed by atoms with van der Waals surface area (Å²) < 4.78 is 5.82. The van der Waals surface area contributed by atoms with Crippen molar-refractivity contribution in [3.8, 4) is 5.75 Å². The molecule has 0 radical (unpaired) electrons. The summed E-state index contributed by atoms with van der Waals surface area (Å²) in [5.74, 6) is 3.63. The van der Waals surface area contributed by atoms with E-state index in [-0.39, 0.29) is 0 Å². The van der Waals surface area contributed by atoms with Crippen LogP contribution >= 0.6 is 11.8 Å². The standard InChI is InChI=1S/C25H28O3S/c1-28-22-7-6-16(15-29-23-5-3-2-4-20(23)24(26)27)11-21(22)25-12-17-8-18(13-25)10-19(9-17)14-25/h2-7,11,17-19H,8-10,12-15H2,1H3,(H,26,27). The number of carbonyl (C=O) groups is 1. The molecule has 4 heteroatoms. The first kappa shape index (κ1) is 19.0. The molecule has 0 amide bonds. The molecule has 29 heavy (non-hydrogen) atoms. The fourth-order valence-electron chi connectivity index (χ4n) is 6.63. The van der Waals surface area contributed by atoms with Gasteiger partial charge in [0, 0.05) is 16.2 Å². The Kier molecular flexibility index (Phi) is 4.85. The quantitative estimate of drug-likeness (QED) is 0.582. The molecule has 6 rings (SSSR count). The van der Waals surface area contributed by atoms with E-state index in [1.807, 2.05) is 12.1 Å². The van der Waals surface area contributed by atoms with Crippen molar-refractivity contribution in [1.82, 2.24) is 0 Å². The summed E-state index contributed by atoms with van der Waals surface area (Å²) in [6, 6.07) is 13.9. The molecule has 4 saturated carbocycles. The number of methoxy groups -OCH3 is 1. The SMILES string of the molecule is COc1ccc(CSc2ccccc2C(=O)O)cc1C12CC3CC(CC(C3)C1)C2. The van der Waals surface area contributed by atoms with E-state index < -0.39 is 5.97 Å². The number of rotatable bonds is 6. The second kappa shape index (κ2) is 7.39. The minimum Gasteiger partial charge on any atom is -0.496 e. The monoisotopic (exact) mass is 408 g/mol. The van der Waals surface area contributed by atoms with Gasteiger partial charge in [-0.05, 0) is 85.5 Å². The van der Waals surface area contributed by atoms with Crippen LogP contribution in [0.1, 0.15) is 60.0 Å². The minimum absolute atomic E-state index is 0.291. The highest BCUT2D eigenvalue weighted by Crippen LogP contribution is 2.62. The molecule has 0 saturated heterocycles. The van der Waals surface area contributed by atoms with Gasteiger partial charge in [0.25, 0.3) is 0 Å². The number of benzene rings is 2. The van der Waals surface area contributed by atoms with Crippen LogP contribution in [0.5, 0.6) is 5.75 Å². The second-order valence-electron chi connectivity index (χ2n) is 9.32. The van der Waals surface area contributed by atoms with Crippen LogP contribution in [0.4, 0.5) is 0 Å². The third-order valence-corrected chi connectivity index (χ3v) is 8.53. The Balaban J connectivity index is 1.43. The fraction of sp³-hybridized carbons (Fsp3) is 0.480. The van der Waals surface area contributed by atoms with Crippen molar-refractivity contribution in [2.45, 2.75) is 54.6 Å². The molecule has 0 aromatic heterocycles. The van der Waals surface area contributed by atoms with Crippen molar-refractivity contribution < 1.29 is 14.6 Å². The van der Waals surface area contributed by atoms with Crippen molar-refractivity contribution >= 4 is 17.7 Å². The van der Waals surface area contributed by atoms with E-state index in [4.69, 9.17) is 4.74 Å². The van der Waals surface area contributed by atoms with Gasteiger partial charge in [-0.2, -0.15) is 0 Å². The molecule has 2 aromatic rings.